The number of carbonyl (C=O) groups is 1. The second kappa shape index (κ2) is 7.71. The van der Waals surface area contributed by atoms with Crippen molar-refractivity contribution >= 4 is 21.6 Å². The van der Waals surface area contributed by atoms with Crippen LogP contribution in [-0.4, -0.2) is 44.4 Å². The van der Waals surface area contributed by atoms with E-state index in [1.807, 2.05) is 0 Å². The molecule has 0 saturated carbocycles. The molecule has 1 N–H and O–H groups in total. The Morgan fingerprint density at radius 3 is 2.67 bits per heavy atom. The summed E-state index contributed by atoms with van der Waals surface area (Å²) in [6.45, 7) is 2.60. The second-order valence-corrected chi connectivity index (χ2v) is 8.09. The largest absolute Gasteiger partial charge is 0.376 e. The number of nitrogens with zero attached hydrogens (tertiary/aromatic N) is 1. The molecule has 27 heavy (non-hydrogen) atoms. The van der Waals surface area contributed by atoms with E-state index in [1.54, 1.807) is 6.92 Å². The topological polar surface area (TPSA) is 75.7 Å². The standard InChI is InChI=1S/C18H18F2N2O4S/c1-12-11-22(7-8-26-12)27(24,25)15-4-2-3-14(10-15)21-18(23)13-5-6-16(19)17(20)9-13/h2-6,9-10,12H,7-8,11H2,1H3,(H,21,23). The molecule has 0 radical (unpaired) electrons. The maximum absolute atomic E-state index is 13.3. The zero-order valence-electron chi connectivity index (χ0n) is 14.5. The van der Waals surface area contributed by atoms with Crippen LogP contribution >= 0.6 is 0 Å². The minimum atomic E-state index is -3.74. The van der Waals surface area contributed by atoms with Gasteiger partial charge in [-0.05, 0) is 43.3 Å². The predicted octanol–water partition coefficient (Wildman–Crippen LogP) is 2.63. The van der Waals surface area contributed by atoms with E-state index in [0.29, 0.717) is 6.61 Å². The van der Waals surface area contributed by atoms with Gasteiger partial charge < -0.3 is 10.1 Å². The Hall–Kier alpha value is -2.36. The number of anilines is 1. The summed E-state index contributed by atoms with van der Waals surface area (Å²) >= 11 is 0. The Balaban J connectivity index is 1.80. The van der Waals surface area contributed by atoms with E-state index in [2.05, 4.69) is 5.32 Å². The molecule has 1 aliphatic heterocycles. The van der Waals surface area contributed by atoms with Gasteiger partial charge in [-0.3, -0.25) is 4.79 Å². The average Bonchev–Trinajstić information content (AvgIpc) is 2.64. The molecule has 3 rings (SSSR count). The Bertz CT molecular complexity index is 966. The van der Waals surface area contributed by atoms with Crippen molar-refractivity contribution in [2.24, 2.45) is 0 Å². The number of nitrogens with one attached hydrogen (secondary N) is 1. The van der Waals surface area contributed by atoms with Gasteiger partial charge in [0.25, 0.3) is 5.91 Å². The highest BCUT2D eigenvalue weighted by molar-refractivity contribution is 7.89. The second-order valence-electron chi connectivity index (χ2n) is 6.16. The molecule has 1 fully saturated rings. The van der Waals surface area contributed by atoms with Crippen LogP contribution in [0.15, 0.2) is 47.4 Å². The van der Waals surface area contributed by atoms with Crippen LogP contribution in [0.2, 0.25) is 0 Å². The lowest BCUT2D eigenvalue weighted by atomic mass is 10.2. The van der Waals surface area contributed by atoms with Gasteiger partial charge in [-0.25, -0.2) is 17.2 Å². The molecule has 6 nitrogen and oxygen atoms in total. The van der Waals surface area contributed by atoms with Crippen molar-refractivity contribution in [2.75, 3.05) is 25.0 Å². The molecule has 1 unspecified atom stereocenters. The van der Waals surface area contributed by atoms with Gasteiger partial charge in [0.2, 0.25) is 10.0 Å². The van der Waals surface area contributed by atoms with E-state index < -0.39 is 27.6 Å². The van der Waals surface area contributed by atoms with E-state index >= 15 is 0 Å². The van der Waals surface area contributed by atoms with Crippen molar-refractivity contribution in [3.05, 3.63) is 59.7 Å². The van der Waals surface area contributed by atoms with E-state index in [1.165, 1.54) is 28.6 Å². The van der Waals surface area contributed by atoms with Crippen LogP contribution in [0.3, 0.4) is 0 Å². The molecule has 0 aromatic heterocycles. The van der Waals surface area contributed by atoms with Gasteiger partial charge in [0.15, 0.2) is 11.6 Å². The smallest absolute Gasteiger partial charge is 0.255 e. The lowest BCUT2D eigenvalue weighted by molar-refractivity contribution is 0.0102. The van der Waals surface area contributed by atoms with Crippen molar-refractivity contribution in [3.63, 3.8) is 0 Å². The number of benzene rings is 2. The summed E-state index contributed by atoms with van der Waals surface area (Å²) in [5, 5.41) is 2.49. The van der Waals surface area contributed by atoms with Crippen LogP contribution in [0.5, 0.6) is 0 Å². The maximum Gasteiger partial charge on any atom is 0.255 e. The number of ether oxygens (including phenoxy) is 1. The number of rotatable bonds is 4. The van der Waals surface area contributed by atoms with E-state index in [-0.39, 0.29) is 35.3 Å². The first-order valence-electron chi connectivity index (χ1n) is 8.25. The van der Waals surface area contributed by atoms with Crippen molar-refractivity contribution < 1.29 is 26.7 Å². The zero-order chi connectivity index (χ0) is 19.6. The molecule has 2 aromatic carbocycles. The molecule has 9 heteroatoms. The summed E-state index contributed by atoms with van der Waals surface area (Å²) in [7, 11) is -3.74. The monoisotopic (exact) mass is 396 g/mol. The highest BCUT2D eigenvalue weighted by Crippen LogP contribution is 2.22. The van der Waals surface area contributed by atoms with Crippen LogP contribution in [0, 0.1) is 11.6 Å². The third-order valence-electron chi connectivity index (χ3n) is 4.12. The summed E-state index contributed by atoms with van der Waals surface area (Å²) < 4.78 is 58.5. The van der Waals surface area contributed by atoms with Crippen molar-refractivity contribution in [1.82, 2.24) is 4.31 Å². The lowest BCUT2D eigenvalue weighted by Crippen LogP contribution is -2.44. The minimum absolute atomic E-state index is 0.0275. The fourth-order valence-electron chi connectivity index (χ4n) is 2.73. The Kier molecular flexibility index (Phi) is 5.54. The number of hydrogen-bond donors (Lipinski definition) is 1. The summed E-state index contributed by atoms with van der Waals surface area (Å²) in [5.74, 6) is -2.87. The first-order valence-corrected chi connectivity index (χ1v) is 9.69. The highest BCUT2D eigenvalue weighted by Gasteiger charge is 2.29. The van der Waals surface area contributed by atoms with Crippen LogP contribution < -0.4 is 5.32 Å². The molecule has 1 heterocycles. The van der Waals surface area contributed by atoms with Gasteiger partial charge in [0, 0.05) is 24.3 Å². The summed E-state index contributed by atoms with van der Waals surface area (Å²) in [6, 6.07) is 8.54. The normalized spacial score (nSPS) is 18.3. The highest BCUT2D eigenvalue weighted by atomic mass is 32.2. The number of sulfonamides is 1. The Morgan fingerprint density at radius 1 is 1.19 bits per heavy atom. The lowest BCUT2D eigenvalue weighted by Gasteiger charge is -2.30. The molecule has 0 bridgehead atoms. The fourth-order valence-corrected chi connectivity index (χ4v) is 4.27. The number of amides is 1. The van der Waals surface area contributed by atoms with Crippen LogP contribution in [0.1, 0.15) is 17.3 Å². The summed E-state index contributed by atoms with van der Waals surface area (Å²) in [6.07, 6.45) is -0.204. The molecule has 0 aliphatic carbocycles. The maximum atomic E-state index is 13.3. The molecular weight excluding hydrogens is 378 g/mol. The minimum Gasteiger partial charge on any atom is -0.376 e. The molecule has 1 aliphatic rings. The van der Waals surface area contributed by atoms with Crippen LogP contribution in [0.25, 0.3) is 0 Å². The van der Waals surface area contributed by atoms with Gasteiger partial charge in [-0.2, -0.15) is 4.31 Å². The molecular formula is C18H18F2N2O4S. The number of morpholine rings is 1. The van der Waals surface area contributed by atoms with Gasteiger partial charge in [0.1, 0.15) is 0 Å². The van der Waals surface area contributed by atoms with E-state index in [4.69, 9.17) is 4.74 Å². The molecule has 144 valence electrons. The van der Waals surface area contributed by atoms with Crippen LogP contribution in [0.4, 0.5) is 14.5 Å². The Morgan fingerprint density at radius 2 is 1.96 bits per heavy atom. The zero-order valence-corrected chi connectivity index (χ0v) is 15.3. The third-order valence-corrected chi connectivity index (χ3v) is 5.98. The summed E-state index contributed by atoms with van der Waals surface area (Å²) in [4.78, 5) is 12.2. The first-order chi connectivity index (χ1) is 12.8. The first kappa shape index (κ1) is 19.4. The van der Waals surface area contributed by atoms with Gasteiger partial charge in [-0.15, -0.1) is 0 Å². The molecule has 0 spiro atoms. The predicted molar refractivity (Wildman–Crippen MR) is 94.9 cm³/mol. The third kappa shape index (κ3) is 4.32. The van der Waals surface area contributed by atoms with E-state index in [0.717, 1.165) is 18.2 Å². The molecule has 1 atom stereocenters. The number of halogens is 2. The van der Waals surface area contributed by atoms with E-state index in [9.17, 15) is 22.0 Å². The van der Waals surface area contributed by atoms with Crippen molar-refractivity contribution in [3.8, 4) is 0 Å². The molecule has 2 aromatic rings. The average molecular weight is 396 g/mol. The van der Waals surface area contributed by atoms with Gasteiger partial charge >= 0.3 is 0 Å². The summed E-state index contributed by atoms with van der Waals surface area (Å²) in [5.41, 5.74) is 0.149. The Labute approximate surface area is 155 Å². The van der Waals surface area contributed by atoms with Gasteiger partial charge in [-0.1, -0.05) is 6.07 Å². The molecule has 1 saturated heterocycles. The van der Waals surface area contributed by atoms with Crippen molar-refractivity contribution in [1.29, 1.82) is 0 Å². The van der Waals surface area contributed by atoms with Crippen LogP contribution in [-0.2, 0) is 14.8 Å². The molecule has 1 amide bonds. The van der Waals surface area contributed by atoms with Crippen molar-refractivity contribution in [2.45, 2.75) is 17.9 Å². The van der Waals surface area contributed by atoms with Gasteiger partial charge in [0.05, 0.1) is 17.6 Å². The fraction of sp³-hybridized carbons (Fsp3) is 0.278. The number of hydrogen-bond acceptors (Lipinski definition) is 4. The quantitative estimate of drug-likeness (QED) is 0.862. The number of carbonyl (C=O) groups excluding carboxylic acids is 1. The SMILES string of the molecule is CC1CN(S(=O)(=O)c2cccc(NC(=O)c3ccc(F)c(F)c3)c2)CCO1.